The van der Waals surface area contributed by atoms with Crippen LogP contribution in [-0.2, 0) is 11.3 Å². The molecule has 0 radical (unpaired) electrons. The van der Waals surface area contributed by atoms with Gasteiger partial charge >= 0.3 is 0 Å². The lowest BCUT2D eigenvalue weighted by Crippen LogP contribution is -2.31. The molecule has 1 unspecified atom stereocenters. The van der Waals surface area contributed by atoms with Gasteiger partial charge in [0.2, 0.25) is 11.8 Å². The second kappa shape index (κ2) is 5.82. The summed E-state index contributed by atoms with van der Waals surface area (Å²) in [5.41, 5.74) is 0.878. The predicted octanol–water partition coefficient (Wildman–Crippen LogP) is 0.867. The number of hydrogen-bond acceptors (Lipinski definition) is 4. The second-order valence-electron chi connectivity index (χ2n) is 4.65. The zero-order valence-electron chi connectivity index (χ0n) is 10.4. The van der Waals surface area contributed by atoms with E-state index >= 15 is 0 Å². The fourth-order valence-corrected chi connectivity index (χ4v) is 1.43. The summed E-state index contributed by atoms with van der Waals surface area (Å²) >= 11 is 0. The summed E-state index contributed by atoms with van der Waals surface area (Å²) in [6, 6.07) is 3.66. The molecule has 1 fully saturated rings. The van der Waals surface area contributed by atoms with Gasteiger partial charge < -0.3 is 15.2 Å². The Bertz CT molecular complexity index is 399. The summed E-state index contributed by atoms with van der Waals surface area (Å²) in [5.74, 6) is 0.938. The summed E-state index contributed by atoms with van der Waals surface area (Å²) in [5, 5.41) is 11.6. The maximum absolute atomic E-state index is 11.2. The number of pyridine rings is 1. The molecule has 0 aromatic carbocycles. The van der Waals surface area contributed by atoms with E-state index < -0.39 is 6.10 Å². The number of aliphatic hydroxyl groups is 1. The molecule has 1 aromatic heterocycles. The van der Waals surface area contributed by atoms with Crippen molar-refractivity contribution in [3.8, 4) is 5.88 Å². The molecular weight excluding hydrogens is 232 g/mol. The molecule has 1 amide bonds. The Morgan fingerprint density at radius 2 is 2.39 bits per heavy atom. The van der Waals surface area contributed by atoms with E-state index in [1.165, 1.54) is 19.8 Å². The third-order valence-corrected chi connectivity index (χ3v) is 2.81. The van der Waals surface area contributed by atoms with E-state index in [2.05, 4.69) is 10.3 Å². The molecule has 0 aliphatic heterocycles. The van der Waals surface area contributed by atoms with Gasteiger partial charge in [-0.2, -0.15) is 0 Å². The molecule has 1 atom stereocenters. The van der Waals surface area contributed by atoms with Crippen molar-refractivity contribution in [1.29, 1.82) is 0 Å². The minimum absolute atomic E-state index is 0.361. The first-order valence-corrected chi connectivity index (χ1v) is 6.18. The number of carbonyl (C=O) groups excluding carboxylic acids is 1. The highest BCUT2D eigenvalue weighted by atomic mass is 16.5. The molecule has 18 heavy (non-hydrogen) atoms. The third kappa shape index (κ3) is 4.00. The summed E-state index contributed by atoms with van der Waals surface area (Å²) < 4.78 is 5.51. The maximum Gasteiger partial charge on any atom is 0.248 e. The average Bonchev–Trinajstić information content (AvgIpc) is 3.18. The van der Waals surface area contributed by atoms with E-state index in [1.54, 1.807) is 12.3 Å². The monoisotopic (exact) mass is 250 g/mol. The number of amides is 1. The minimum Gasteiger partial charge on any atom is -0.477 e. The lowest BCUT2D eigenvalue weighted by Gasteiger charge is -2.08. The predicted molar refractivity (Wildman–Crippen MR) is 66.0 cm³/mol. The van der Waals surface area contributed by atoms with Crippen LogP contribution >= 0.6 is 0 Å². The summed E-state index contributed by atoms with van der Waals surface area (Å²) in [6.45, 7) is 2.53. The van der Waals surface area contributed by atoms with Crippen LogP contribution in [0.4, 0.5) is 0 Å². The van der Waals surface area contributed by atoms with Crippen LogP contribution in [0.25, 0.3) is 0 Å². The van der Waals surface area contributed by atoms with Crippen molar-refractivity contribution in [2.24, 2.45) is 5.92 Å². The van der Waals surface area contributed by atoms with Crippen molar-refractivity contribution < 1.29 is 14.6 Å². The Morgan fingerprint density at radius 3 is 2.94 bits per heavy atom. The van der Waals surface area contributed by atoms with E-state index in [-0.39, 0.29) is 5.91 Å². The maximum atomic E-state index is 11.2. The van der Waals surface area contributed by atoms with Gasteiger partial charge in [0.05, 0.1) is 6.61 Å². The van der Waals surface area contributed by atoms with Crippen LogP contribution in [0.5, 0.6) is 5.88 Å². The fraction of sp³-hybridized carbons (Fsp3) is 0.538. The van der Waals surface area contributed by atoms with E-state index in [4.69, 9.17) is 9.84 Å². The largest absolute Gasteiger partial charge is 0.477 e. The van der Waals surface area contributed by atoms with Gasteiger partial charge in [-0.1, -0.05) is 6.07 Å². The van der Waals surface area contributed by atoms with Crippen molar-refractivity contribution in [1.82, 2.24) is 10.3 Å². The molecule has 1 aliphatic rings. The van der Waals surface area contributed by atoms with Crippen LogP contribution in [0.2, 0.25) is 0 Å². The molecule has 2 rings (SSSR count). The lowest BCUT2D eigenvalue weighted by atomic mass is 10.2. The van der Waals surface area contributed by atoms with Crippen molar-refractivity contribution >= 4 is 5.91 Å². The Hall–Kier alpha value is -1.62. The van der Waals surface area contributed by atoms with E-state index in [1.807, 2.05) is 6.07 Å². The van der Waals surface area contributed by atoms with Gasteiger partial charge in [0.1, 0.15) is 6.10 Å². The number of nitrogens with zero attached hydrogens (tertiary/aromatic N) is 1. The summed E-state index contributed by atoms with van der Waals surface area (Å²) in [6.07, 6.45) is 3.19. The summed E-state index contributed by atoms with van der Waals surface area (Å²) in [4.78, 5) is 15.3. The molecule has 0 bridgehead atoms. The van der Waals surface area contributed by atoms with Crippen LogP contribution in [0.1, 0.15) is 25.3 Å². The van der Waals surface area contributed by atoms with Crippen LogP contribution in [0.15, 0.2) is 18.3 Å². The van der Waals surface area contributed by atoms with Gasteiger partial charge in [-0.05, 0) is 31.2 Å². The lowest BCUT2D eigenvalue weighted by molar-refractivity contribution is -0.128. The Kier molecular flexibility index (Phi) is 4.15. The van der Waals surface area contributed by atoms with Crippen LogP contribution < -0.4 is 10.1 Å². The smallest absolute Gasteiger partial charge is 0.248 e. The number of aromatic nitrogens is 1. The number of ether oxygens (including phenoxy) is 1. The van der Waals surface area contributed by atoms with Crippen LogP contribution in [0, 0.1) is 5.92 Å². The number of hydrogen-bond donors (Lipinski definition) is 2. The Balaban J connectivity index is 1.77. The first kappa shape index (κ1) is 12.8. The first-order valence-electron chi connectivity index (χ1n) is 6.18. The molecule has 98 valence electrons. The first-order chi connectivity index (χ1) is 8.65. The van der Waals surface area contributed by atoms with Crippen molar-refractivity contribution in [3.05, 3.63) is 23.9 Å². The van der Waals surface area contributed by atoms with Gasteiger partial charge in [-0.3, -0.25) is 4.79 Å². The second-order valence-corrected chi connectivity index (χ2v) is 4.65. The number of nitrogens with one attached hydrogen (secondary N) is 1. The Labute approximate surface area is 106 Å². The van der Waals surface area contributed by atoms with Gasteiger partial charge in [0, 0.05) is 18.8 Å². The van der Waals surface area contributed by atoms with Crippen LogP contribution in [0.3, 0.4) is 0 Å². The molecule has 0 spiro atoms. The Morgan fingerprint density at radius 1 is 1.61 bits per heavy atom. The highest BCUT2D eigenvalue weighted by Gasteiger charge is 2.22. The van der Waals surface area contributed by atoms with Crippen molar-refractivity contribution in [2.75, 3.05) is 6.61 Å². The standard InChI is InChI=1S/C13H18N2O3/c1-9(16)13(17)15-7-11-4-5-12(14-6-11)18-8-10-2-3-10/h4-6,9-10,16H,2-3,7-8H2,1H3,(H,15,17). The van der Waals surface area contributed by atoms with Crippen molar-refractivity contribution in [3.63, 3.8) is 0 Å². The number of aliphatic hydroxyl groups excluding tert-OH is 1. The molecule has 1 heterocycles. The van der Waals surface area contributed by atoms with Gasteiger partial charge in [0.15, 0.2) is 0 Å². The average molecular weight is 250 g/mol. The van der Waals surface area contributed by atoms with Gasteiger partial charge in [-0.15, -0.1) is 0 Å². The van der Waals surface area contributed by atoms with E-state index in [0.717, 1.165) is 12.2 Å². The molecule has 2 N–H and O–H groups in total. The van der Waals surface area contributed by atoms with Gasteiger partial charge in [-0.25, -0.2) is 4.98 Å². The van der Waals surface area contributed by atoms with E-state index in [9.17, 15) is 4.79 Å². The molecule has 1 aromatic rings. The topological polar surface area (TPSA) is 71.5 Å². The highest BCUT2D eigenvalue weighted by Crippen LogP contribution is 2.29. The molecule has 1 saturated carbocycles. The quantitative estimate of drug-likeness (QED) is 0.785. The SMILES string of the molecule is CC(O)C(=O)NCc1ccc(OCC2CC2)nc1. The molecule has 5 heteroatoms. The molecule has 1 aliphatic carbocycles. The van der Waals surface area contributed by atoms with E-state index in [0.29, 0.717) is 18.3 Å². The minimum atomic E-state index is -0.987. The number of carbonyl (C=O) groups is 1. The normalized spacial score (nSPS) is 16.1. The van der Waals surface area contributed by atoms with Crippen molar-refractivity contribution in [2.45, 2.75) is 32.4 Å². The molecule has 5 nitrogen and oxygen atoms in total. The fourth-order valence-electron chi connectivity index (χ4n) is 1.43. The zero-order chi connectivity index (χ0) is 13.0. The highest BCUT2D eigenvalue weighted by molar-refractivity contribution is 5.79. The van der Waals surface area contributed by atoms with Crippen LogP contribution in [-0.4, -0.2) is 28.7 Å². The third-order valence-electron chi connectivity index (χ3n) is 2.81. The molecule has 0 saturated heterocycles. The molecular formula is C13H18N2O3. The number of rotatable bonds is 6. The summed E-state index contributed by atoms with van der Waals surface area (Å²) in [7, 11) is 0. The zero-order valence-corrected chi connectivity index (χ0v) is 10.4. The van der Waals surface area contributed by atoms with Gasteiger partial charge in [0.25, 0.3) is 0 Å².